The summed E-state index contributed by atoms with van der Waals surface area (Å²) in [6, 6.07) is 0.664. The molecule has 1 aliphatic carbocycles. The first-order valence-electron chi connectivity index (χ1n) is 8.20. The van der Waals surface area contributed by atoms with E-state index in [-0.39, 0.29) is 5.91 Å². The number of nitrogens with one attached hydrogen (secondary N) is 1. The van der Waals surface area contributed by atoms with Crippen LogP contribution in [0.3, 0.4) is 0 Å². The van der Waals surface area contributed by atoms with Crippen LogP contribution in [0.5, 0.6) is 0 Å². The number of hydrogen-bond acceptors (Lipinski definition) is 3. The number of rotatable bonds is 5. The minimum atomic E-state index is 0.219. The van der Waals surface area contributed by atoms with E-state index in [4.69, 9.17) is 0 Å². The molecule has 2 fully saturated rings. The van der Waals surface area contributed by atoms with Gasteiger partial charge in [0, 0.05) is 33.2 Å². The maximum atomic E-state index is 11.7. The Balaban J connectivity index is 1.60. The van der Waals surface area contributed by atoms with Gasteiger partial charge in [-0.25, -0.2) is 0 Å². The van der Waals surface area contributed by atoms with Crippen molar-refractivity contribution >= 4 is 5.91 Å². The second-order valence-corrected chi connectivity index (χ2v) is 7.03. The van der Waals surface area contributed by atoms with Crippen molar-refractivity contribution in [3.05, 3.63) is 0 Å². The predicted octanol–water partition coefficient (Wildman–Crippen LogP) is 1.56. The van der Waals surface area contributed by atoms with Gasteiger partial charge in [-0.3, -0.25) is 9.69 Å². The number of hydrogen-bond donors (Lipinski definition) is 1. The lowest BCUT2D eigenvalue weighted by Crippen LogP contribution is -2.46. The second-order valence-electron chi connectivity index (χ2n) is 7.03. The molecule has 2 atom stereocenters. The summed E-state index contributed by atoms with van der Waals surface area (Å²) in [7, 11) is 3.67. The Labute approximate surface area is 123 Å². The smallest absolute Gasteiger partial charge is 0.236 e. The molecule has 0 radical (unpaired) electrons. The van der Waals surface area contributed by atoms with E-state index in [1.165, 1.54) is 38.6 Å². The van der Waals surface area contributed by atoms with Crippen molar-refractivity contribution in [1.29, 1.82) is 0 Å². The summed E-state index contributed by atoms with van der Waals surface area (Å²) in [6.45, 7) is 6.27. The van der Waals surface area contributed by atoms with E-state index >= 15 is 0 Å². The Hall–Kier alpha value is -0.610. The van der Waals surface area contributed by atoms with Gasteiger partial charge in [-0.05, 0) is 44.1 Å². The zero-order chi connectivity index (χ0) is 14.5. The molecule has 116 valence electrons. The quantitative estimate of drug-likeness (QED) is 0.831. The third-order valence-corrected chi connectivity index (χ3v) is 4.94. The summed E-state index contributed by atoms with van der Waals surface area (Å²) < 4.78 is 0. The van der Waals surface area contributed by atoms with E-state index in [2.05, 4.69) is 17.1 Å². The Bertz CT molecular complexity index is 311. The summed E-state index contributed by atoms with van der Waals surface area (Å²) >= 11 is 0. The van der Waals surface area contributed by atoms with Gasteiger partial charge in [0.1, 0.15) is 0 Å². The fraction of sp³-hybridized carbons (Fsp3) is 0.938. The molecular weight excluding hydrogens is 250 g/mol. The normalized spacial score (nSPS) is 28.8. The molecule has 0 aromatic heterocycles. The summed E-state index contributed by atoms with van der Waals surface area (Å²) in [5.74, 6) is 2.05. The minimum Gasteiger partial charge on any atom is -0.348 e. The molecule has 1 N–H and O–H groups in total. The fourth-order valence-corrected chi connectivity index (χ4v) is 3.47. The molecule has 20 heavy (non-hydrogen) atoms. The molecule has 0 aromatic carbocycles. The van der Waals surface area contributed by atoms with E-state index in [0.717, 1.165) is 24.9 Å². The zero-order valence-electron chi connectivity index (χ0n) is 13.4. The molecule has 0 bridgehead atoms. The molecule has 1 saturated heterocycles. The molecule has 2 aliphatic rings. The van der Waals surface area contributed by atoms with Gasteiger partial charge in [-0.2, -0.15) is 0 Å². The number of likely N-dealkylation sites (tertiary alicyclic amines) is 1. The van der Waals surface area contributed by atoms with Crippen LogP contribution in [0.4, 0.5) is 0 Å². The fourth-order valence-electron chi connectivity index (χ4n) is 3.47. The van der Waals surface area contributed by atoms with Crippen molar-refractivity contribution in [3.63, 3.8) is 0 Å². The lowest BCUT2D eigenvalue weighted by molar-refractivity contribution is -0.130. The monoisotopic (exact) mass is 281 g/mol. The van der Waals surface area contributed by atoms with Crippen LogP contribution in [0.25, 0.3) is 0 Å². The Morgan fingerprint density at radius 3 is 2.45 bits per heavy atom. The lowest BCUT2D eigenvalue weighted by Gasteiger charge is -2.33. The van der Waals surface area contributed by atoms with Crippen LogP contribution in [0, 0.1) is 11.8 Å². The van der Waals surface area contributed by atoms with Crippen molar-refractivity contribution in [3.8, 4) is 0 Å². The summed E-state index contributed by atoms with van der Waals surface area (Å²) in [5.41, 5.74) is 0. The van der Waals surface area contributed by atoms with Gasteiger partial charge in [0.2, 0.25) is 5.91 Å². The van der Waals surface area contributed by atoms with Crippen molar-refractivity contribution in [2.45, 2.75) is 45.1 Å². The van der Waals surface area contributed by atoms with Crippen LogP contribution in [0.1, 0.15) is 39.0 Å². The van der Waals surface area contributed by atoms with E-state index in [1.54, 1.807) is 4.90 Å². The molecule has 1 aliphatic heterocycles. The maximum Gasteiger partial charge on any atom is 0.236 e. The van der Waals surface area contributed by atoms with E-state index in [1.807, 2.05) is 14.1 Å². The SMILES string of the molecule is CC1CCC(CNC2CCN(CC(=O)N(C)C)CC2)C1. The Kier molecular flexibility index (Phi) is 5.85. The van der Waals surface area contributed by atoms with Crippen molar-refractivity contribution < 1.29 is 4.79 Å². The number of piperidine rings is 1. The second kappa shape index (κ2) is 7.41. The van der Waals surface area contributed by atoms with Crippen LogP contribution in [0.15, 0.2) is 0 Å². The highest BCUT2D eigenvalue weighted by molar-refractivity contribution is 5.77. The zero-order valence-corrected chi connectivity index (χ0v) is 13.4. The first kappa shape index (κ1) is 15.8. The lowest BCUT2D eigenvalue weighted by atomic mass is 10.0. The highest BCUT2D eigenvalue weighted by atomic mass is 16.2. The van der Waals surface area contributed by atoms with Gasteiger partial charge in [0.05, 0.1) is 6.54 Å². The number of carbonyl (C=O) groups excluding carboxylic acids is 1. The first-order valence-corrected chi connectivity index (χ1v) is 8.20. The highest BCUT2D eigenvalue weighted by Crippen LogP contribution is 2.29. The average molecular weight is 281 g/mol. The molecule has 4 nitrogen and oxygen atoms in total. The molecular formula is C16H31N3O. The van der Waals surface area contributed by atoms with Crippen LogP contribution in [-0.4, -0.2) is 62.0 Å². The highest BCUT2D eigenvalue weighted by Gasteiger charge is 2.24. The van der Waals surface area contributed by atoms with Crippen LogP contribution >= 0.6 is 0 Å². The summed E-state index contributed by atoms with van der Waals surface area (Å²) in [6.07, 6.45) is 6.59. The Morgan fingerprint density at radius 1 is 1.20 bits per heavy atom. The largest absolute Gasteiger partial charge is 0.348 e. The van der Waals surface area contributed by atoms with Crippen molar-refractivity contribution in [2.75, 3.05) is 40.3 Å². The molecule has 0 aromatic rings. The number of nitrogens with zero attached hydrogens (tertiary/aromatic N) is 2. The molecule has 1 saturated carbocycles. The van der Waals surface area contributed by atoms with Gasteiger partial charge in [0.15, 0.2) is 0 Å². The number of amides is 1. The Morgan fingerprint density at radius 2 is 1.90 bits per heavy atom. The van der Waals surface area contributed by atoms with Crippen LogP contribution < -0.4 is 5.32 Å². The van der Waals surface area contributed by atoms with E-state index in [0.29, 0.717) is 12.6 Å². The van der Waals surface area contributed by atoms with E-state index in [9.17, 15) is 4.79 Å². The van der Waals surface area contributed by atoms with Gasteiger partial charge in [-0.1, -0.05) is 13.3 Å². The molecule has 2 unspecified atom stereocenters. The number of likely N-dealkylation sites (N-methyl/N-ethyl adjacent to an activating group) is 1. The van der Waals surface area contributed by atoms with Crippen LogP contribution in [-0.2, 0) is 4.79 Å². The van der Waals surface area contributed by atoms with E-state index < -0.39 is 0 Å². The third-order valence-electron chi connectivity index (χ3n) is 4.94. The molecule has 1 heterocycles. The van der Waals surface area contributed by atoms with Gasteiger partial charge in [0.25, 0.3) is 0 Å². The molecule has 1 amide bonds. The summed E-state index contributed by atoms with van der Waals surface area (Å²) in [5, 5.41) is 3.76. The molecule has 2 rings (SSSR count). The van der Waals surface area contributed by atoms with Crippen molar-refractivity contribution in [2.24, 2.45) is 11.8 Å². The third kappa shape index (κ3) is 4.74. The molecule has 0 spiro atoms. The van der Waals surface area contributed by atoms with Gasteiger partial charge in [-0.15, -0.1) is 0 Å². The van der Waals surface area contributed by atoms with Crippen LogP contribution in [0.2, 0.25) is 0 Å². The number of carbonyl (C=O) groups is 1. The average Bonchev–Trinajstić information content (AvgIpc) is 2.83. The van der Waals surface area contributed by atoms with Crippen molar-refractivity contribution in [1.82, 2.24) is 15.1 Å². The molecule has 4 heteroatoms. The minimum absolute atomic E-state index is 0.219. The van der Waals surface area contributed by atoms with Gasteiger partial charge < -0.3 is 10.2 Å². The predicted molar refractivity (Wildman–Crippen MR) is 82.7 cm³/mol. The maximum absolute atomic E-state index is 11.7. The standard InChI is InChI=1S/C16H31N3O/c1-13-4-5-14(10-13)11-17-15-6-8-19(9-7-15)12-16(20)18(2)3/h13-15,17H,4-12H2,1-3H3. The summed E-state index contributed by atoms with van der Waals surface area (Å²) in [4.78, 5) is 15.7. The topological polar surface area (TPSA) is 35.6 Å². The first-order chi connectivity index (χ1) is 9.54. The van der Waals surface area contributed by atoms with Gasteiger partial charge >= 0.3 is 0 Å².